The van der Waals surface area contributed by atoms with Crippen LogP contribution in [0.25, 0.3) is 0 Å². The number of amides is 2. The first-order valence-electron chi connectivity index (χ1n) is 6.09. The zero-order valence-corrected chi connectivity index (χ0v) is 12.2. The van der Waals surface area contributed by atoms with E-state index in [2.05, 4.69) is 0 Å². The predicted molar refractivity (Wildman–Crippen MR) is 74.0 cm³/mol. The molecule has 0 saturated carbocycles. The highest BCUT2D eigenvalue weighted by atomic mass is 32.1. The van der Waals surface area contributed by atoms with Crippen molar-refractivity contribution in [3.63, 3.8) is 0 Å². The Kier molecular flexibility index (Phi) is 4.32. The van der Waals surface area contributed by atoms with Crippen molar-refractivity contribution in [2.45, 2.75) is 32.7 Å². The number of piperazine rings is 1. The number of hydrogen-bond acceptors (Lipinski definition) is 3. The van der Waals surface area contributed by atoms with Gasteiger partial charge in [0.15, 0.2) is 0 Å². The summed E-state index contributed by atoms with van der Waals surface area (Å²) in [5.41, 5.74) is 4.76. The van der Waals surface area contributed by atoms with Crippen LogP contribution in [0.4, 0.5) is 0 Å². The molecule has 2 amide bonds. The summed E-state index contributed by atoms with van der Waals surface area (Å²) in [6.07, 6.45) is 0.560. The van der Waals surface area contributed by atoms with E-state index < -0.39 is 11.5 Å². The average molecular weight is 271 g/mol. The molecule has 0 aliphatic carbocycles. The first kappa shape index (κ1) is 14.9. The Hall–Kier alpha value is -1.17. The number of nitrogens with two attached hydrogens (primary N) is 1. The Morgan fingerprint density at radius 3 is 2.50 bits per heavy atom. The highest BCUT2D eigenvalue weighted by Crippen LogP contribution is 2.24. The summed E-state index contributed by atoms with van der Waals surface area (Å²) < 4.78 is 0. The molecule has 1 rings (SSSR count). The zero-order valence-electron chi connectivity index (χ0n) is 11.4. The standard InChI is InChI=1S/C12H21N3O2S/c1-5-8(9(13)18)10(16)15-7-6-14(4)11(17)12(15,2)3/h8H,5-7H2,1-4H3,(H2,13,18). The molecule has 1 aliphatic heterocycles. The molecule has 0 spiro atoms. The first-order chi connectivity index (χ1) is 8.23. The molecule has 1 fully saturated rings. The molecule has 0 aromatic rings. The summed E-state index contributed by atoms with van der Waals surface area (Å²) in [6, 6.07) is 0. The van der Waals surface area contributed by atoms with E-state index >= 15 is 0 Å². The van der Waals surface area contributed by atoms with Crippen LogP contribution in [0.1, 0.15) is 27.2 Å². The summed E-state index contributed by atoms with van der Waals surface area (Å²) in [4.78, 5) is 28.0. The van der Waals surface area contributed by atoms with Gasteiger partial charge in [0.05, 0.1) is 10.9 Å². The van der Waals surface area contributed by atoms with Crippen LogP contribution in [-0.2, 0) is 9.59 Å². The fraction of sp³-hybridized carbons (Fsp3) is 0.750. The molecule has 1 unspecified atom stereocenters. The number of carbonyl (C=O) groups excluding carboxylic acids is 2. The normalized spacial score (nSPS) is 20.8. The second kappa shape index (κ2) is 5.22. The summed E-state index contributed by atoms with van der Waals surface area (Å²) in [7, 11) is 1.75. The monoisotopic (exact) mass is 271 g/mol. The van der Waals surface area contributed by atoms with Gasteiger partial charge in [0, 0.05) is 20.1 Å². The van der Waals surface area contributed by atoms with E-state index in [4.69, 9.17) is 18.0 Å². The SMILES string of the molecule is CCC(C(=O)N1CCN(C)C(=O)C1(C)C)C(N)=S. The third-order valence-corrected chi connectivity index (χ3v) is 3.80. The highest BCUT2D eigenvalue weighted by Gasteiger charge is 2.44. The topological polar surface area (TPSA) is 66.6 Å². The lowest BCUT2D eigenvalue weighted by atomic mass is 9.94. The number of carbonyl (C=O) groups is 2. The fourth-order valence-electron chi connectivity index (χ4n) is 2.28. The van der Waals surface area contributed by atoms with Crippen molar-refractivity contribution >= 4 is 29.0 Å². The third kappa shape index (κ3) is 2.48. The van der Waals surface area contributed by atoms with Gasteiger partial charge in [0.1, 0.15) is 5.54 Å². The van der Waals surface area contributed by atoms with Crippen molar-refractivity contribution in [3.05, 3.63) is 0 Å². The zero-order chi connectivity index (χ0) is 14.1. The minimum Gasteiger partial charge on any atom is -0.393 e. The Morgan fingerprint density at radius 2 is 2.06 bits per heavy atom. The van der Waals surface area contributed by atoms with Gasteiger partial charge in [-0.15, -0.1) is 0 Å². The molecule has 1 atom stereocenters. The molecule has 1 heterocycles. The number of thiocarbonyl (C=S) groups is 1. The van der Waals surface area contributed by atoms with Crippen LogP contribution in [0.2, 0.25) is 0 Å². The Morgan fingerprint density at radius 1 is 1.50 bits per heavy atom. The van der Waals surface area contributed by atoms with E-state index in [0.717, 1.165) is 0 Å². The number of hydrogen-bond donors (Lipinski definition) is 1. The number of rotatable bonds is 3. The summed E-state index contributed by atoms with van der Waals surface area (Å²) in [6.45, 7) is 6.45. The van der Waals surface area contributed by atoms with Gasteiger partial charge in [-0.25, -0.2) is 0 Å². The number of nitrogens with zero attached hydrogens (tertiary/aromatic N) is 2. The molecular weight excluding hydrogens is 250 g/mol. The molecule has 0 aromatic heterocycles. The summed E-state index contributed by atoms with van der Waals surface area (Å²) >= 11 is 4.92. The Balaban J connectivity index is 2.99. The van der Waals surface area contributed by atoms with E-state index in [0.29, 0.717) is 19.5 Å². The molecule has 0 aromatic carbocycles. The molecule has 0 bridgehead atoms. The van der Waals surface area contributed by atoms with Gasteiger partial charge in [0.25, 0.3) is 0 Å². The average Bonchev–Trinajstić information content (AvgIpc) is 2.26. The first-order valence-corrected chi connectivity index (χ1v) is 6.50. The van der Waals surface area contributed by atoms with Crippen molar-refractivity contribution in [2.24, 2.45) is 11.7 Å². The largest absolute Gasteiger partial charge is 0.393 e. The maximum Gasteiger partial charge on any atom is 0.247 e. The van der Waals surface area contributed by atoms with Crippen LogP contribution in [0.5, 0.6) is 0 Å². The van der Waals surface area contributed by atoms with Crippen LogP contribution in [0, 0.1) is 5.92 Å². The molecule has 1 aliphatic rings. The molecule has 0 radical (unpaired) electrons. The molecule has 5 nitrogen and oxygen atoms in total. The summed E-state index contributed by atoms with van der Waals surface area (Å²) in [5.74, 6) is -0.674. The maximum absolute atomic E-state index is 12.4. The second-order valence-corrected chi connectivity index (χ2v) is 5.61. The lowest BCUT2D eigenvalue weighted by Crippen LogP contribution is -2.65. The van der Waals surface area contributed by atoms with Crippen molar-refractivity contribution in [1.82, 2.24) is 9.80 Å². The molecule has 1 saturated heterocycles. The lowest BCUT2D eigenvalue weighted by Gasteiger charge is -2.45. The van der Waals surface area contributed by atoms with E-state index in [1.165, 1.54) is 0 Å². The number of likely N-dealkylation sites (N-methyl/N-ethyl adjacent to an activating group) is 1. The van der Waals surface area contributed by atoms with Crippen LogP contribution in [-0.4, -0.2) is 52.3 Å². The Labute approximate surface area is 113 Å². The molecule has 2 N–H and O–H groups in total. The second-order valence-electron chi connectivity index (χ2n) is 5.14. The maximum atomic E-state index is 12.4. The van der Waals surface area contributed by atoms with Crippen LogP contribution < -0.4 is 5.73 Å². The van der Waals surface area contributed by atoms with E-state index in [1.807, 2.05) is 6.92 Å². The molecule has 102 valence electrons. The van der Waals surface area contributed by atoms with Gasteiger partial charge in [-0.2, -0.15) is 0 Å². The van der Waals surface area contributed by atoms with Gasteiger partial charge in [-0.3, -0.25) is 9.59 Å². The van der Waals surface area contributed by atoms with Crippen LogP contribution >= 0.6 is 12.2 Å². The van der Waals surface area contributed by atoms with Crippen LogP contribution in [0.3, 0.4) is 0 Å². The minimum absolute atomic E-state index is 0.0557. The minimum atomic E-state index is -0.831. The Bertz CT molecular complexity index is 382. The fourth-order valence-corrected chi connectivity index (χ4v) is 2.55. The van der Waals surface area contributed by atoms with Crippen molar-refractivity contribution < 1.29 is 9.59 Å². The highest BCUT2D eigenvalue weighted by molar-refractivity contribution is 7.80. The van der Waals surface area contributed by atoms with Crippen LogP contribution in [0.15, 0.2) is 0 Å². The van der Waals surface area contributed by atoms with Crippen molar-refractivity contribution in [2.75, 3.05) is 20.1 Å². The molecule has 18 heavy (non-hydrogen) atoms. The smallest absolute Gasteiger partial charge is 0.247 e. The summed E-state index contributed by atoms with van der Waals surface area (Å²) in [5, 5.41) is 0. The molecular formula is C12H21N3O2S. The van der Waals surface area contributed by atoms with Gasteiger partial charge in [-0.05, 0) is 20.3 Å². The lowest BCUT2D eigenvalue weighted by molar-refractivity contribution is -0.158. The van der Waals surface area contributed by atoms with Gasteiger partial charge in [-0.1, -0.05) is 19.1 Å². The van der Waals surface area contributed by atoms with E-state index in [9.17, 15) is 9.59 Å². The van der Waals surface area contributed by atoms with Crippen molar-refractivity contribution in [1.29, 1.82) is 0 Å². The molecule has 6 heteroatoms. The van der Waals surface area contributed by atoms with Gasteiger partial charge >= 0.3 is 0 Å². The van der Waals surface area contributed by atoms with Gasteiger partial charge < -0.3 is 15.5 Å². The predicted octanol–water partition coefficient (Wildman–Crippen LogP) is 0.378. The van der Waals surface area contributed by atoms with Crippen molar-refractivity contribution in [3.8, 4) is 0 Å². The van der Waals surface area contributed by atoms with E-state index in [-0.39, 0.29) is 16.8 Å². The van der Waals surface area contributed by atoms with E-state index in [1.54, 1.807) is 30.7 Å². The third-order valence-electron chi connectivity index (χ3n) is 3.52. The van der Waals surface area contributed by atoms with Gasteiger partial charge in [0.2, 0.25) is 11.8 Å². The quantitative estimate of drug-likeness (QED) is 0.754.